The minimum Gasteiger partial charge on any atom is -0.465 e. The van der Waals surface area contributed by atoms with E-state index >= 15 is 0 Å². The van der Waals surface area contributed by atoms with E-state index in [1.807, 2.05) is 0 Å². The average Bonchev–Trinajstić information content (AvgIpc) is 2.50. The van der Waals surface area contributed by atoms with Crippen LogP contribution >= 0.6 is 0 Å². The van der Waals surface area contributed by atoms with Gasteiger partial charge in [-0.15, -0.1) is 0 Å². The first-order valence-corrected chi connectivity index (χ1v) is 5.53. The Morgan fingerprint density at radius 3 is 2.71 bits per heavy atom. The molecule has 1 rings (SSSR count). The highest BCUT2D eigenvalue weighted by Crippen LogP contribution is 2.25. The Hall–Kier alpha value is -0.570. The van der Waals surface area contributed by atoms with Crippen LogP contribution in [0.4, 0.5) is 0 Å². The van der Waals surface area contributed by atoms with Gasteiger partial charge in [-0.1, -0.05) is 20.3 Å². The van der Waals surface area contributed by atoms with Gasteiger partial charge in [-0.3, -0.25) is 4.79 Å². The monoisotopic (exact) mass is 199 g/mol. The topological polar surface area (TPSA) is 52.3 Å². The number of rotatable bonds is 4. The smallest absolute Gasteiger partial charge is 0.310 e. The van der Waals surface area contributed by atoms with Crippen LogP contribution in [0.3, 0.4) is 0 Å². The van der Waals surface area contributed by atoms with E-state index in [0.717, 1.165) is 25.7 Å². The van der Waals surface area contributed by atoms with E-state index in [-0.39, 0.29) is 17.9 Å². The minimum absolute atomic E-state index is 0.0292. The van der Waals surface area contributed by atoms with Gasteiger partial charge in [-0.2, -0.15) is 0 Å². The Labute approximate surface area is 86.0 Å². The largest absolute Gasteiger partial charge is 0.465 e. The van der Waals surface area contributed by atoms with Crippen LogP contribution < -0.4 is 5.73 Å². The van der Waals surface area contributed by atoms with Gasteiger partial charge in [0.2, 0.25) is 0 Å². The summed E-state index contributed by atoms with van der Waals surface area (Å²) < 4.78 is 5.19. The fourth-order valence-corrected chi connectivity index (χ4v) is 1.78. The molecule has 1 aliphatic rings. The van der Waals surface area contributed by atoms with Gasteiger partial charge in [-0.25, -0.2) is 0 Å². The van der Waals surface area contributed by atoms with Crippen molar-refractivity contribution in [2.75, 3.05) is 6.61 Å². The molecule has 0 radical (unpaired) electrons. The molecule has 0 heterocycles. The van der Waals surface area contributed by atoms with E-state index in [9.17, 15) is 4.79 Å². The molecule has 1 fully saturated rings. The van der Waals surface area contributed by atoms with Crippen molar-refractivity contribution in [2.45, 2.75) is 45.6 Å². The van der Waals surface area contributed by atoms with Gasteiger partial charge in [0.15, 0.2) is 0 Å². The van der Waals surface area contributed by atoms with Gasteiger partial charge in [0.05, 0.1) is 12.5 Å². The molecular weight excluding hydrogens is 178 g/mol. The van der Waals surface area contributed by atoms with Crippen LogP contribution in [0.2, 0.25) is 0 Å². The van der Waals surface area contributed by atoms with Gasteiger partial charge in [0.1, 0.15) is 0 Å². The molecule has 14 heavy (non-hydrogen) atoms. The molecular formula is C11H21NO2. The number of ether oxygens (including phenoxy) is 1. The Morgan fingerprint density at radius 2 is 2.21 bits per heavy atom. The molecule has 0 amide bonds. The minimum atomic E-state index is -0.0874. The maximum absolute atomic E-state index is 11.5. The third-order valence-electron chi connectivity index (χ3n) is 2.81. The predicted octanol–water partition coefficient (Wildman–Crippen LogP) is 1.70. The third kappa shape index (κ3) is 3.29. The number of hydrogen-bond donors (Lipinski definition) is 1. The van der Waals surface area contributed by atoms with Gasteiger partial charge >= 0.3 is 5.97 Å². The number of carbonyl (C=O) groups is 1. The van der Waals surface area contributed by atoms with Crippen molar-refractivity contribution in [1.82, 2.24) is 0 Å². The van der Waals surface area contributed by atoms with Gasteiger partial charge in [0, 0.05) is 6.04 Å². The summed E-state index contributed by atoms with van der Waals surface area (Å²) in [5.41, 5.74) is 5.81. The van der Waals surface area contributed by atoms with E-state index in [0.29, 0.717) is 12.5 Å². The standard InChI is InChI=1S/C11H21NO2/c1-8(2)6-7-14-11(13)9-4-3-5-10(9)12/h8-10H,3-7,12H2,1-2H3. The summed E-state index contributed by atoms with van der Waals surface area (Å²) in [6, 6.07) is 0.0292. The van der Waals surface area contributed by atoms with Gasteiger partial charge in [0.25, 0.3) is 0 Å². The van der Waals surface area contributed by atoms with Crippen LogP contribution in [0.1, 0.15) is 39.5 Å². The Bertz CT molecular complexity index is 192. The van der Waals surface area contributed by atoms with Crippen LogP contribution in [-0.4, -0.2) is 18.6 Å². The second kappa shape index (κ2) is 5.35. The molecule has 1 aliphatic carbocycles. The molecule has 2 N–H and O–H groups in total. The van der Waals surface area contributed by atoms with Gasteiger partial charge < -0.3 is 10.5 Å². The molecule has 1 saturated carbocycles. The van der Waals surface area contributed by atoms with Crippen molar-refractivity contribution < 1.29 is 9.53 Å². The lowest BCUT2D eigenvalue weighted by atomic mass is 10.1. The summed E-state index contributed by atoms with van der Waals surface area (Å²) in [6.07, 6.45) is 3.87. The van der Waals surface area contributed by atoms with Crippen molar-refractivity contribution >= 4 is 5.97 Å². The van der Waals surface area contributed by atoms with Crippen LogP contribution in [-0.2, 0) is 9.53 Å². The van der Waals surface area contributed by atoms with E-state index in [1.54, 1.807) is 0 Å². The number of hydrogen-bond acceptors (Lipinski definition) is 3. The summed E-state index contributed by atoms with van der Waals surface area (Å²) in [5, 5.41) is 0. The number of esters is 1. The molecule has 0 spiro atoms. The maximum atomic E-state index is 11.5. The summed E-state index contributed by atoms with van der Waals surface area (Å²) in [5.74, 6) is 0.456. The predicted molar refractivity (Wildman–Crippen MR) is 55.7 cm³/mol. The molecule has 0 bridgehead atoms. The van der Waals surface area contributed by atoms with E-state index in [4.69, 9.17) is 10.5 Å². The van der Waals surface area contributed by atoms with Crippen LogP contribution in [0.15, 0.2) is 0 Å². The van der Waals surface area contributed by atoms with Crippen molar-refractivity contribution in [3.8, 4) is 0 Å². The first-order chi connectivity index (χ1) is 6.61. The molecule has 0 aromatic rings. The van der Waals surface area contributed by atoms with Crippen LogP contribution in [0.5, 0.6) is 0 Å². The second-order valence-electron chi connectivity index (χ2n) is 4.55. The Balaban J connectivity index is 2.21. The van der Waals surface area contributed by atoms with E-state index < -0.39 is 0 Å². The lowest BCUT2D eigenvalue weighted by Crippen LogP contribution is -2.32. The number of carbonyl (C=O) groups excluding carboxylic acids is 1. The van der Waals surface area contributed by atoms with Crippen molar-refractivity contribution in [3.63, 3.8) is 0 Å². The highest BCUT2D eigenvalue weighted by Gasteiger charge is 2.31. The highest BCUT2D eigenvalue weighted by atomic mass is 16.5. The second-order valence-corrected chi connectivity index (χ2v) is 4.55. The van der Waals surface area contributed by atoms with Crippen LogP contribution in [0.25, 0.3) is 0 Å². The lowest BCUT2D eigenvalue weighted by molar-refractivity contribution is -0.149. The molecule has 82 valence electrons. The summed E-state index contributed by atoms with van der Waals surface area (Å²) >= 11 is 0. The Morgan fingerprint density at radius 1 is 1.50 bits per heavy atom. The number of nitrogens with two attached hydrogens (primary N) is 1. The summed E-state index contributed by atoms with van der Waals surface area (Å²) in [4.78, 5) is 11.5. The normalized spacial score (nSPS) is 26.9. The fraction of sp³-hybridized carbons (Fsp3) is 0.909. The average molecular weight is 199 g/mol. The molecule has 0 aromatic carbocycles. The SMILES string of the molecule is CC(C)CCOC(=O)C1CCCC1N. The lowest BCUT2D eigenvalue weighted by Gasteiger charge is -2.14. The van der Waals surface area contributed by atoms with Crippen molar-refractivity contribution in [2.24, 2.45) is 17.6 Å². The first-order valence-electron chi connectivity index (χ1n) is 5.53. The zero-order chi connectivity index (χ0) is 10.6. The molecule has 0 saturated heterocycles. The van der Waals surface area contributed by atoms with Gasteiger partial charge in [-0.05, 0) is 25.2 Å². The molecule has 2 atom stereocenters. The molecule has 0 aliphatic heterocycles. The zero-order valence-corrected chi connectivity index (χ0v) is 9.16. The quantitative estimate of drug-likeness (QED) is 0.701. The molecule has 0 aromatic heterocycles. The first kappa shape index (κ1) is 11.5. The zero-order valence-electron chi connectivity index (χ0n) is 9.16. The molecule has 3 heteroatoms. The third-order valence-corrected chi connectivity index (χ3v) is 2.81. The van der Waals surface area contributed by atoms with E-state index in [2.05, 4.69) is 13.8 Å². The van der Waals surface area contributed by atoms with Crippen LogP contribution in [0, 0.1) is 11.8 Å². The summed E-state index contributed by atoms with van der Waals surface area (Å²) in [7, 11) is 0. The Kier molecular flexibility index (Phi) is 4.39. The molecule has 2 unspecified atom stereocenters. The molecule has 3 nitrogen and oxygen atoms in total. The van der Waals surface area contributed by atoms with E-state index in [1.165, 1.54) is 0 Å². The van der Waals surface area contributed by atoms with Crippen molar-refractivity contribution in [3.05, 3.63) is 0 Å². The summed E-state index contributed by atoms with van der Waals surface area (Å²) in [6.45, 7) is 4.78. The highest BCUT2D eigenvalue weighted by molar-refractivity contribution is 5.73. The fourth-order valence-electron chi connectivity index (χ4n) is 1.78. The maximum Gasteiger partial charge on any atom is 0.310 e. The van der Waals surface area contributed by atoms with Crippen molar-refractivity contribution in [1.29, 1.82) is 0 Å².